The number of rotatable bonds is 6. The van der Waals surface area contributed by atoms with E-state index in [1.807, 2.05) is 0 Å². The van der Waals surface area contributed by atoms with Gasteiger partial charge >= 0.3 is 0 Å². The summed E-state index contributed by atoms with van der Waals surface area (Å²) in [5.74, 6) is -0.870. The minimum atomic E-state index is -4.54. The first kappa shape index (κ1) is 25.2. The van der Waals surface area contributed by atoms with Gasteiger partial charge in [0, 0.05) is 34.3 Å². The average molecular weight is 557 g/mol. The van der Waals surface area contributed by atoms with Crippen molar-refractivity contribution < 1.29 is 36.2 Å². The molecule has 0 heterocycles. The summed E-state index contributed by atoms with van der Waals surface area (Å²) in [6.45, 7) is 0. The lowest BCUT2D eigenvalue weighted by atomic mass is 10.1. The summed E-state index contributed by atoms with van der Waals surface area (Å²) in [5.41, 5.74) is -1.24. The van der Waals surface area contributed by atoms with Crippen molar-refractivity contribution >= 4 is 64.5 Å². The Labute approximate surface area is 213 Å². The van der Waals surface area contributed by atoms with Crippen molar-refractivity contribution in [1.29, 1.82) is 0 Å². The van der Waals surface area contributed by atoms with Crippen LogP contribution in [-0.2, 0) is 20.2 Å². The van der Waals surface area contributed by atoms with Crippen molar-refractivity contribution in [2.45, 2.75) is 9.79 Å². The molecule has 0 atom stereocenters. The number of fused-ring (bicyclic) bond motifs is 2. The van der Waals surface area contributed by atoms with Crippen LogP contribution < -0.4 is 21.5 Å². The van der Waals surface area contributed by atoms with E-state index in [9.17, 15) is 45.7 Å². The van der Waals surface area contributed by atoms with Crippen LogP contribution in [0.5, 0.6) is 11.5 Å². The van der Waals surface area contributed by atoms with E-state index in [1.165, 1.54) is 36.4 Å². The van der Waals surface area contributed by atoms with Crippen molar-refractivity contribution in [2.75, 3.05) is 10.6 Å². The molecular weight excluding hydrogens is 540 g/mol. The number of hydrogen-bond donors (Lipinski definition) is 6. The van der Waals surface area contributed by atoms with Crippen LogP contribution in [0.4, 0.5) is 22.7 Å². The summed E-state index contributed by atoms with van der Waals surface area (Å²) in [6.07, 6.45) is 0. The highest BCUT2D eigenvalue weighted by molar-refractivity contribution is 7.86. The van der Waals surface area contributed by atoms with Gasteiger partial charge in [-0.3, -0.25) is 18.7 Å². The molecule has 0 aromatic heterocycles. The van der Waals surface area contributed by atoms with Gasteiger partial charge in [-0.15, -0.1) is 0 Å². The second-order valence-electron chi connectivity index (χ2n) is 8.37. The fourth-order valence-electron chi connectivity index (χ4n) is 3.99. The molecule has 0 fully saturated rings. The number of phenolic OH excluding ortho intramolecular Hbond substituents is 2. The molecule has 5 rings (SSSR count). The Bertz CT molecular complexity index is 1940. The predicted molar refractivity (Wildman–Crippen MR) is 139 cm³/mol. The summed E-state index contributed by atoms with van der Waals surface area (Å²) < 4.78 is 64.0. The Hall–Kier alpha value is -4.50. The Kier molecular flexibility index (Phi) is 5.65. The molecule has 6 N–H and O–H groups in total. The van der Waals surface area contributed by atoms with Gasteiger partial charge < -0.3 is 20.8 Å². The lowest BCUT2D eigenvalue weighted by molar-refractivity contribution is 0.470. The second-order valence-corrected chi connectivity index (χ2v) is 11.2. The quantitative estimate of drug-likeness (QED) is 0.132. The van der Waals surface area contributed by atoms with Crippen LogP contribution in [0.1, 0.15) is 0 Å². The molecule has 0 spiro atoms. The predicted octanol–water partition coefficient (Wildman–Crippen LogP) is 2.98. The highest BCUT2D eigenvalue weighted by Gasteiger charge is 2.22. The third kappa shape index (κ3) is 4.41. The third-order valence-electron chi connectivity index (χ3n) is 5.86. The van der Waals surface area contributed by atoms with E-state index in [1.54, 1.807) is 0 Å². The zero-order valence-electron chi connectivity index (χ0n) is 18.8. The smallest absolute Gasteiger partial charge is 0.294 e. The number of phenols is 2. The Morgan fingerprint density at radius 3 is 1.26 bits per heavy atom. The Morgan fingerprint density at radius 1 is 0.553 bits per heavy atom. The second kappa shape index (κ2) is 8.53. The zero-order chi connectivity index (χ0) is 27.6. The summed E-state index contributed by atoms with van der Waals surface area (Å²) in [7, 11) is -9.09. The molecule has 0 bridgehead atoms. The van der Waals surface area contributed by atoms with Crippen molar-refractivity contribution in [3.05, 3.63) is 81.1 Å². The van der Waals surface area contributed by atoms with Crippen LogP contribution in [0.25, 0.3) is 21.5 Å². The fourth-order valence-corrected chi connectivity index (χ4v) is 5.07. The summed E-state index contributed by atoms with van der Waals surface area (Å²) >= 11 is 0. The van der Waals surface area contributed by atoms with Crippen LogP contribution in [0.2, 0.25) is 0 Å². The average Bonchev–Trinajstić information content (AvgIpc) is 2.85. The highest BCUT2D eigenvalue weighted by atomic mass is 32.2. The molecule has 12 nitrogen and oxygen atoms in total. The molecule has 0 aliphatic carbocycles. The van der Waals surface area contributed by atoms with Gasteiger partial charge in [-0.1, -0.05) is 12.1 Å². The normalized spacial score (nSPS) is 12.3. The van der Waals surface area contributed by atoms with Gasteiger partial charge in [0.15, 0.2) is 0 Å². The first-order valence-corrected chi connectivity index (χ1v) is 13.5. The minimum Gasteiger partial charge on any atom is -0.507 e. The SMILES string of the molecule is O=c1c(Nc2ccc3cc(S(=O)(=O)O)cc(O)c3c2)c(Nc2ccc3cc(S(=O)(=O)O)cc(O)c3c2)c1=O. The number of hydrogen-bond acceptors (Lipinski definition) is 10. The minimum absolute atomic E-state index is 0.0885. The largest absolute Gasteiger partial charge is 0.507 e. The highest BCUT2D eigenvalue weighted by Crippen LogP contribution is 2.34. The molecule has 14 heteroatoms. The van der Waals surface area contributed by atoms with Gasteiger partial charge in [0.25, 0.3) is 31.1 Å². The van der Waals surface area contributed by atoms with Gasteiger partial charge in [-0.25, -0.2) is 0 Å². The topological polar surface area (TPSA) is 207 Å². The lowest BCUT2D eigenvalue weighted by Crippen LogP contribution is -2.35. The van der Waals surface area contributed by atoms with Crippen molar-refractivity contribution in [3.8, 4) is 11.5 Å². The maximum atomic E-state index is 12.3. The molecule has 0 radical (unpaired) electrons. The van der Waals surface area contributed by atoms with Gasteiger partial charge in [0.05, 0.1) is 9.79 Å². The van der Waals surface area contributed by atoms with Gasteiger partial charge in [-0.2, -0.15) is 16.8 Å². The van der Waals surface area contributed by atoms with Crippen molar-refractivity contribution in [2.24, 2.45) is 0 Å². The molecule has 194 valence electrons. The van der Waals surface area contributed by atoms with E-state index in [0.29, 0.717) is 10.8 Å². The van der Waals surface area contributed by atoms with Crippen LogP contribution in [0.15, 0.2) is 80.0 Å². The summed E-state index contributed by atoms with van der Waals surface area (Å²) in [4.78, 5) is 23.6. The molecule has 0 aliphatic heterocycles. The number of benzene rings is 4. The fraction of sp³-hybridized carbons (Fsp3) is 0. The lowest BCUT2D eigenvalue weighted by Gasteiger charge is -2.16. The van der Waals surface area contributed by atoms with Gasteiger partial charge in [0.1, 0.15) is 22.9 Å². The molecule has 5 aromatic carbocycles. The molecule has 0 saturated carbocycles. The maximum absolute atomic E-state index is 12.3. The van der Waals surface area contributed by atoms with E-state index in [-0.39, 0.29) is 33.5 Å². The van der Waals surface area contributed by atoms with E-state index < -0.39 is 52.4 Å². The maximum Gasteiger partial charge on any atom is 0.294 e. The van der Waals surface area contributed by atoms with E-state index in [0.717, 1.165) is 24.3 Å². The van der Waals surface area contributed by atoms with E-state index in [4.69, 9.17) is 0 Å². The number of anilines is 4. The molecule has 0 aliphatic rings. The van der Waals surface area contributed by atoms with Crippen molar-refractivity contribution in [1.82, 2.24) is 0 Å². The molecule has 38 heavy (non-hydrogen) atoms. The Balaban J connectivity index is 1.47. The molecule has 0 saturated heterocycles. The van der Waals surface area contributed by atoms with Crippen LogP contribution in [0.3, 0.4) is 0 Å². The monoisotopic (exact) mass is 556 g/mol. The van der Waals surface area contributed by atoms with Gasteiger partial charge in [0.2, 0.25) is 0 Å². The van der Waals surface area contributed by atoms with Crippen LogP contribution >= 0.6 is 0 Å². The first-order chi connectivity index (χ1) is 17.7. The van der Waals surface area contributed by atoms with Crippen LogP contribution in [-0.4, -0.2) is 36.2 Å². The first-order valence-electron chi connectivity index (χ1n) is 10.6. The molecule has 5 aromatic rings. The number of aromatic hydroxyl groups is 2. The summed E-state index contributed by atoms with van der Waals surface area (Å²) in [5, 5.41) is 27.1. The summed E-state index contributed by atoms with van der Waals surface area (Å²) in [6, 6.07) is 12.7. The van der Waals surface area contributed by atoms with Crippen LogP contribution in [0, 0.1) is 0 Å². The van der Waals surface area contributed by atoms with E-state index in [2.05, 4.69) is 10.6 Å². The third-order valence-corrected chi connectivity index (χ3v) is 7.52. The van der Waals surface area contributed by atoms with Crippen molar-refractivity contribution in [3.63, 3.8) is 0 Å². The van der Waals surface area contributed by atoms with Gasteiger partial charge in [-0.05, 0) is 47.2 Å². The molecular formula is C24H16N2O10S2. The molecule has 0 amide bonds. The zero-order valence-corrected chi connectivity index (χ0v) is 20.5. The Morgan fingerprint density at radius 2 is 0.921 bits per heavy atom. The van der Waals surface area contributed by atoms with E-state index >= 15 is 0 Å². The molecule has 0 unspecified atom stereocenters. The number of nitrogens with one attached hydrogen (secondary N) is 2. The standard InChI is InChI=1S/C24H16N2O10S2/c27-19-9-15(37(31,32)33)5-11-1-3-13(7-17(11)19)25-21-22(24(30)23(21)29)26-14-4-2-12-6-16(38(34,35)36)10-20(28)18(12)8-14/h1-10,25-28H,(H,31,32,33)(H,34,35,36).